The molecule has 0 aliphatic rings. The van der Waals surface area contributed by atoms with Gasteiger partial charge >= 0.3 is 0 Å². The van der Waals surface area contributed by atoms with Gasteiger partial charge in [-0.2, -0.15) is 0 Å². The summed E-state index contributed by atoms with van der Waals surface area (Å²) in [4.78, 5) is 2.36. The van der Waals surface area contributed by atoms with Crippen LogP contribution in [0.5, 0.6) is 0 Å². The molecule has 0 spiro atoms. The molecule has 3 heteroatoms. The Hall–Kier alpha value is -0.900. The number of nitrogens with one attached hydrogen (secondary N) is 1. The van der Waals surface area contributed by atoms with Gasteiger partial charge in [0.05, 0.1) is 6.61 Å². The second-order valence-corrected chi connectivity index (χ2v) is 5.08. The zero-order chi connectivity index (χ0) is 13.4. The first-order valence-electron chi connectivity index (χ1n) is 6.73. The summed E-state index contributed by atoms with van der Waals surface area (Å²) in [7, 11) is 2.16. The molecule has 0 atom stereocenters. The van der Waals surface area contributed by atoms with E-state index in [-0.39, 0.29) is 6.61 Å². The average Bonchev–Trinajstić information content (AvgIpc) is 2.38. The minimum atomic E-state index is 0.120. The van der Waals surface area contributed by atoms with Gasteiger partial charge in [0, 0.05) is 12.6 Å². The van der Waals surface area contributed by atoms with E-state index >= 15 is 0 Å². The van der Waals surface area contributed by atoms with Crippen molar-refractivity contribution in [2.24, 2.45) is 0 Å². The molecule has 3 nitrogen and oxygen atoms in total. The van der Waals surface area contributed by atoms with E-state index in [9.17, 15) is 0 Å². The van der Waals surface area contributed by atoms with Crippen LogP contribution in [0.4, 0.5) is 0 Å². The van der Waals surface area contributed by atoms with Gasteiger partial charge in [0.1, 0.15) is 0 Å². The van der Waals surface area contributed by atoms with E-state index in [4.69, 9.17) is 5.11 Å². The SMILES string of the molecule is CC(C)N(C)CCCNCc1ccc(CO)cc1. The Kier molecular flexibility index (Phi) is 6.94. The summed E-state index contributed by atoms with van der Waals surface area (Å²) in [6.45, 7) is 7.63. The van der Waals surface area contributed by atoms with E-state index < -0.39 is 0 Å². The zero-order valence-electron chi connectivity index (χ0n) is 11.8. The summed E-state index contributed by atoms with van der Waals surface area (Å²) in [5, 5.41) is 12.4. The maximum Gasteiger partial charge on any atom is 0.0681 e. The third-order valence-corrected chi connectivity index (χ3v) is 3.28. The molecule has 102 valence electrons. The first kappa shape index (κ1) is 15.2. The van der Waals surface area contributed by atoms with Gasteiger partial charge in [-0.1, -0.05) is 24.3 Å². The van der Waals surface area contributed by atoms with Gasteiger partial charge in [-0.25, -0.2) is 0 Å². The van der Waals surface area contributed by atoms with Gasteiger partial charge in [0.2, 0.25) is 0 Å². The van der Waals surface area contributed by atoms with Crippen molar-refractivity contribution in [1.29, 1.82) is 0 Å². The van der Waals surface area contributed by atoms with Crippen LogP contribution in [0.3, 0.4) is 0 Å². The number of aliphatic hydroxyl groups is 1. The van der Waals surface area contributed by atoms with Crippen LogP contribution in [-0.2, 0) is 13.2 Å². The molecule has 1 aromatic rings. The molecule has 0 saturated carbocycles. The maximum atomic E-state index is 8.95. The van der Waals surface area contributed by atoms with E-state index in [0.717, 1.165) is 25.2 Å². The van der Waals surface area contributed by atoms with Gasteiger partial charge in [-0.05, 0) is 51.5 Å². The van der Waals surface area contributed by atoms with Gasteiger partial charge in [0.25, 0.3) is 0 Å². The molecular weight excluding hydrogens is 224 g/mol. The molecule has 0 bridgehead atoms. The molecule has 1 rings (SSSR count). The molecular formula is C15H26N2O. The summed E-state index contributed by atoms with van der Waals surface area (Å²) in [6, 6.07) is 8.71. The van der Waals surface area contributed by atoms with Gasteiger partial charge in [-0.15, -0.1) is 0 Å². The molecule has 0 radical (unpaired) electrons. The van der Waals surface area contributed by atoms with Crippen LogP contribution in [0.25, 0.3) is 0 Å². The van der Waals surface area contributed by atoms with Crippen LogP contribution >= 0.6 is 0 Å². The van der Waals surface area contributed by atoms with Crippen molar-refractivity contribution in [3.05, 3.63) is 35.4 Å². The number of hydrogen-bond acceptors (Lipinski definition) is 3. The fourth-order valence-electron chi connectivity index (χ4n) is 1.71. The minimum Gasteiger partial charge on any atom is -0.392 e. The molecule has 0 aromatic heterocycles. The van der Waals surface area contributed by atoms with Crippen molar-refractivity contribution in [2.75, 3.05) is 20.1 Å². The zero-order valence-corrected chi connectivity index (χ0v) is 11.8. The fraction of sp³-hybridized carbons (Fsp3) is 0.600. The Labute approximate surface area is 111 Å². The van der Waals surface area contributed by atoms with Crippen molar-refractivity contribution in [3.63, 3.8) is 0 Å². The summed E-state index contributed by atoms with van der Waals surface area (Å²) in [6.07, 6.45) is 1.17. The smallest absolute Gasteiger partial charge is 0.0681 e. The predicted molar refractivity (Wildman–Crippen MR) is 76.5 cm³/mol. The molecule has 1 aromatic carbocycles. The molecule has 0 amide bonds. The fourth-order valence-corrected chi connectivity index (χ4v) is 1.71. The third kappa shape index (κ3) is 5.63. The lowest BCUT2D eigenvalue weighted by atomic mass is 10.1. The standard InChI is InChI=1S/C15H26N2O/c1-13(2)17(3)10-4-9-16-11-14-5-7-15(12-18)8-6-14/h5-8,13,16,18H,4,9-12H2,1-3H3. The maximum absolute atomic E-state index is 8.95. The van der Waals surface area contributed by atoms with Crippen molar-refractivity contribution in [1.82, 2.24) is 10.2 Å². The highest BCUT2D eigenvalue weighted by molar-refractivity contribution is 5.21. The summed E-state index contributed by atoms with van der Waals surface area (Å²) in [5.74, 6) is 0. The van der Waals surface area contributed by atoms with E-state index in [1.54, 1.807) is 0 Å². The predicted octanol–water partition coefficient (Wildman–Crippen LogP) is 2.00. The van der Waals surface area contributed by atoms with Crippen molar-refractivity contribution < 1.29 is 5.11 Å². The Morgan fingerprint density at radius 2 is 1.78 bits per heavy atom. The van der Waals surface area contributed by atoms with Gasteiger partial charge in [-0.3, -0.25) is 0 Å². The van der Waals surface area contributed by atoms with Gasteiger partial charge < -0.3 is 15.3 Å². The summed E-state index contributed by atoms with van der Waals surface area (Å²) < 4.78 is 0. The van der Waals surface area contributed by atoms with Crippen molar-refractivity contribution >= 4 is 0 Å². The topological polar surface area (TPSA) is 35.5 Å². The normalized spacial score (nSPS) is 11.4. The highest BCUT2D eigenvalue weighted by Gasteiger charge is 2.01. The Balaban J connectivity index is 2.14. The van der Waals surface area contributed by atoms with Crippen LogP contribution in [-0.4, -0.2) is 36.2 Å². The summed E-state index contributed by atoms with van der Waals surface area (Å²) >= 11 is 0. The molecule has 0 unspecified atom stereocenters. The van der Waals surface area contributed by atoms with Crippen LogP contribution < -0.4 is 5.32 Å². The van der Waals surface area contributed by atoms with Crippen molar-refractivity contribution in [3.8, 4) is 0 Å². The molecule has 0 saturated heterocycles. The second kappa shape index (κ2) is 8.25. The average molecular weight is 250 g/mol. The quantitative estimate of drug-likeness (QED) is 0.693. The highest BCUT2D eigenvalue weighted by atomic mass is 16.3. The molecule has 0 heterocycles. The number of hydrogen-bond donors (Lipinski definition) is 2. The number of nitrogens with zero attached hydrogens (tertiary/aromatic N) is 1. The van der Waals surface area contributed by atoms with Crippen LogP contribution in [0.2, 0.25) is 0 Å². The minimum absolute atomic E-state index is 0.120. The molecule has 0 aliphatic heterocycles. The van der Waals surface area contributed by atoms with Crippen molar-refractivity contribution in [2.45, 2.75) is 39.5 Å². The van der Waals surface area contributed by atoms with Crippen LogP contribution in [0, 0.1) is 0 Å². The highest BCUT2D eigenvalue weighted by Crippen LogP contribution is 2.04. The molecule has 0 fully saturated rings. The Morgan fingerprint density at radius 3 is 2.33 bits per heavy atom. The number of benzene rings is 1. The second-order valence-electron chi connectivity index (χ2n) is 5.08. The Bertz CT molecular complexity index is 322. The lowest BCUT2D eigenvalue weighted by molar-refractivity contribution is 0.269. The molecule has 18 heavy (non-hydrogen) atoms. The van der Waals surface area contributed by atoms with E-state index in [0.29, 0.717) is 6.04 Å². The summed E-state index contributed by atoms with van der Waals surface area (Å²) in [5.41, 5.74) is 2.24. The van der Waals surface area contributed by atoms with E-state index in [2.05, 4.69) is 43.2 Å². The lowest BCUT2D eigenvalue weighted by Gasteiger charge is -2.20. The van der Waals surface area contributed by atoms with Gasteiger partial charge in [0.15, 0.2) is 0 Å². The lowest BCUT2D eigenvalue weighted by Crippen LogP contribution is -2.29. The molecule has 0 aliphatic carbocycles. The first-order valence-corrected chi connectivity index (χ1v) is 6.73. The third-order valence-electron chi connectivity index (χ3n) is 3.28. The van der Waals surface area contributed by atoms with E-state index in [1.165, 1.54) is 12.0 Å². The van der Waals surface area contributed by atoms with Crippen LogP contribution in [0.1, 0.15) is 31.4 Å². The number of rotatable bonds is 8. The van der Waals surface area contributed by atoms with Crippen LogP contribution in [0.15, 0.2) is 24.3 Å². The molecule has 2 N–H and O–H groups in total. The first-order chi connectivity index (χ1) is 8.63. The largest absolute Gasteiger partial charge is 0.392 e. The van der Waals surface area contributed by atoms with E-state index in [1.807, 2.05) is 12.1 Å². The number of aliphatic hydroxyl groups excluding tert-OH is 1. The monoisotopic (exact) mass is 250 g/mol. The Morgan fingerprint density at radius 1 is 1.17 bits per heavy atom.